The molecule has 0 aliphatic carbocycles. The van der Waals surface area contributed by atoms with E-state index in [-0.39, 0.29) is 10.7 Å². The Hall–Kier alpha value is -3.71. The lowest BCUT2D eigenvalue weighted by atomic mass is 10.1. The monoisotopic (exact) mass is 404 g/mol. The Morgan fingerprint density at radius 1 is 1.00 bits per heavy atom. The number of nitrogens with zero attached hydrogens (tertiary/aromatic N) is 1. The molecule has 3 aromatic rings. The van der Waals surface area contributed by atoms with Crippen molar-refractivity contribution in [3.05, 3.63) is 78.1 Å². The molecule has 0 atom stereocenters. The molecule has 2 amide bonds. The van der Waals surface area contributed by atoms with Gasteiger partial charge < -0.3 is 9.15 Å². The van der Waals surface area contributed by atoms with E-state index in [4.69, 9.17) is 21.4 Å². The quantitative estimate of drug-likeness (QED) is 0.407. The van der Waals surface area contributed by atoms with Crippen molar-refractivity contribution in [3.8, 4) is 17.1 Å². The van der Waals surface area contributed by atoms with Gasteiger partial charge in [0.1, 0.15) is 22.8 Å². The molecule has 2 aromatic carbocycles. The van der Waals surface area contributed by atoms with Crippen molar-refractivity contribution >= 4 is 40.9 Å². The Morgan fingerprint density at radius 2 is 1.72 bits per heavy atom. The highest BCUT2D eigenvalue weighted by Gasteiger charge is 2.34. The summed E-state index contributed by atoms with van der Waals surface area (Å²) >= 11 is 5.20. The number of benzene rings is 2. The number of carbonyl (C=O) groups is 2. The fraction of sp³-hybridized carbons (Fsp3) is 0.0455. The third kappa shape index (κ3) is 3.68. The first kappa shape index (κ1) is 18.6. The Bertz CT molecular complexity index is 1120. The van der Waals surface area contributed by atoms with Crippen LogP contribution in [0.15, 0.2) is 76.7 Å². The summed E-state index contributed by atoms with van der Waals surface area (Å²) in [6, 6.07) is 19.9. The minimum atomic E-state index is -0.567. The van der Waals surface area contributed by atoms with Crippen molar-refractivity contribution in [1.82, 2.24) is 5.32 Å². The molecule has 1 aromatic heterocycles. The van der Waals surface area contributed by atoms with Crippen LogP contribution in [0.25, 0.3) is 17.4 Å². The zero-order valence-corrected chi connectivity index (χ0v) is 16.2. The Morgan fingerprint density at radius 3 is 2.41 bits per heavy atom. The van der Waals surface area contributed by atoms with Crippen LogP contribution in [0.1, 0.15) is 5.76 Å². The summed E-state index contributed by atoms with van der Waals surface area (Å²) in [5.74, 6) is 0.588. The van der Waals surface area contributed by atoms with Crippen LogP contribution in [0.5, 0.6) is 5.75 Å². The number of furan rings is 1. The average Bonchev–Trinajstić information content (AvgIpc) is 3.21. The van der Waals surface area contributed by atoms with Gasteiger partial charge in [-0.15, -0.1) is 0 Å². The summed E-state index contributed by atoms with van der Waals surface area (Å²) in [5.41, 5.74) is 1.36. The summed E-state index contributed by atoms with van der Waals surface area (Å²) in [5, 5.41) is 2.57. The number of thiocarbonyl (C=S) groups is 1. The van der Waals surface area contributed by atoms with E-state index < -0.39 is 11.8 Å². The molecule has 1 saturated heterocycles. The van der Waals surface area contributed by atoms with Crippen molar-refractivity contribution in [1.29, 1.82) is 0 Å². The van der Waals surface area contributed by atoms with Gasteiger partial charge >= 0.3 is 0 Å². The lowest BCUT2D eigenvalue weighted by Crippen LogP contribution is -2.54. The van der Waals surface area contributed by atoms with Crippen molar-refractivity contribution < 1.29 is 18.7 Å². The van der Waals surface area contributed by atoms with Crippen molar-refractivity contribution in [2.24, 2.45) is 0 Å². The van der Waals surface area contributed by atoms with Gasteiger partial charge in [0, 0.05) is 5.56 Å². The van der Waals surface area contributed by atoms with Crippen LogP contribution in [0.4, 0.5) is 5.69 Å². The molecule has 144 valence electrons. The standard InChI is InChI=1S/C22H16N2O4S/c1-27-16-9-7-15(8-10-16)24-21(26)18(20(25)23-22(24)29)13-17-11-12-19(28-17)14-5-3-2-4-6-14/h2-13H,1H3,(H,23,25,29)/b18-13+. The smallest absolute Gasteiger partial charge is 0.270 e. The maximum Gasteiger partial charge on any atom is 0.270 e. The normalized spacial score (nSPS) is 15.6. The first-order chi connectivity index (χ1) is 14.1. The van der Waals surface area contributed by atoms with Crippen LogP contribution in [0.3, 0.4) is 0 Å². The zero-order chi connectivity index (χ0) is 20.4. The van der Waals surface area contributed by atoms with Gasteiger partial charge in [0.2, 0.25) is 0 Å². The van der Waals surface area contributed by atoms with Crippen molar-refractivity contribution in [2.45, 2.75) is 0 Å². The van der Waals surface area contributed by atoms with Crippen LogP contribution >= 0.6 is 12.2 Å². The number of anilines is 1. The third-order valence-corrected chi connectivity index (χ3v) is 4.69. The molecule has 0 bridgehead atoms. The number of ether oxygens (including phenoxy) is 1. The molecule has 1 fully saturated rings. The molecule has 7 heteroatoms. The van der Waals surface area contributed by atoms with E-state index in [0.717, 1.165) is 5.56 Å². The number of hydrogen-bond donors (Lipinski definition) is 1. The largest absolute Gasteiger partial charge is 0.497 e. The minimum Gasteiger partial charge on any atom is -0.497 e. The first-order valence-corrected chi connectivity index (χ1v) is 9.18. The highest BCUT2D eigenvalue weighted by molar-refractivity contribution is 7.80. The maximum absolute atomic E-state index is 13.0. The van der Waals surface area contributed by atoms with E-state index in [1.165, 1.54) is 11.0 Å². The second kappa shape index (κ2) is 7.73. The highest BCUT2D eigenvalue weighted by Crippen LogP contribution is 2.26. The highest BCUT2D eigenvalue weighted by atomic mass is 32.1. The van der Waals surface area contributed by atoms with Gasteiger partial charge in [0.15, 0.2) is 5.11 Å². The Balaban J connectivity index is 1.66. The fourth-order valence-electron chi connectivity index (χ4n) is 2.95. The minimum absolute atomic E-state index is 0.0201. The van der Waals surface area contributed by atoms with Crippen molar-refractivity contribution in [2.75, 3.05) is 12.0 Å². The molecule has 4 rings (SSSR count). The predicted molar refractivity (Wildman–Crippen MR) is 113 cm³/mol. The number of amides is 2. The van der Waals surface area contributed by atoms with Crippen molar-refractivity contribution in [3.63, 3.8) is 0 Å². The van der Waals surface area contributed by atoms with E-state index in [1.807, 2.05) is 30.3 Å². The summed E-state index contributed by atoms with van der Waals surface area (Å²) in [6.07, 6.45) is 1.42. The predicted octanol–water partition coefficient (Wildman–Crippen LogP) is 3.79. The fourth-order valence-corrected chi connectivity index (χ4v) is 3.23. The molecule has 1 N–H and O–H groups in total. The Kier molecular flexibility index (Phi) is 4.97. The van der Waals surface area contributed by atoms with Gasteiger partial charge in [-0.05, 0) is 54.7 Å². The zero-order valence-electron chi connectivity index (χ0n) is 15.4. The molecule has 2 heterocycles. The topological polar surface area (TPSA) is 71.8 Å². The lowest BCUT2D eigenvalue weighted by molar-refractivity contribution is -0.122. The molecule has 1 aliphatic heterocycles. The third-order valence-electron chi connectivity index (χ3n) is 4.40. The van der Waals surface area contributed by atoms with Gasteiger partial charge in [0.05, 0.1) is 12.8 Å². The summed E-state index contributed by atoms with van der Waals surface area (Å²) in [7, 11) is 1.56. The second-order valence-electron chi connectivity index (χ2n) is 6.22. The van der Waals surface area contributed by atoms with Gasteiger partial charge in [-0.1, -0.05) is 30.3 Å². The van der Waals surface area contributed by atoms with E-state index >= 15 is 0 Å². The molecular formula is C22H16N2O4S. The number of nitrogens with one attached hydrogen (secondary N) is 1. The summed E-state index contributed by atoms with van der Waals surface area (Å²) in [6.45, 7) is 0. The van der Waals surface area contributed by atoms with Crippen LogP contribution in [0.2, 0.25) is 0 Å². The van der Waals surface area contributed by atoms with Crippen LogP contribution in [-0.2, 0) is 9.59 Å². The molecule has 1 aliphatic rings. The van der Waals surface area contributed by atoms with E-state index in [9.17, 15) is 9.59 Å². The van der Waals surface area contributed by atoms with E-state index in [1.54, 1.807) is 43.5 Å². The molecular weight excluding hydrogens is 388 g/mol. The van der Waals surface area contributed by atoms with Gasteiger partial charge in [-0.2, -0.15) is 0 Å². The van der Waals surface area contributed by atoms with Crippen LogP contribution in [0, 0.1) is 0 Å². The molecule has 0 unspecified atom stereocenters. The first-order valence-electron chi connectivity index (χ1n) is 8.77. The molecule has 29 heavy (non-hydrogen) atoms. The number of rotatable bonds is 4. The van der Waals surface area contributed by atoms with E-state index in [0.29, 0.717) is 23.0 Å². The molecule has 6 nitrogen and oxygen atoms in total. The van der Waals surface area contributed by atoms with E-state index in [2.05, 4.69) is 5.32 Å². The molecule has 0 saturated carbocycles. The lowest BCUT2D eigenvalue weighted by Gasteiger charge is -2.28. The molecule has 0 spiro atoms. The SMILES string of the molecule is COc1ccc(N2C(=O)/C(=C/c3ccc(-c4ccccc4)o3)C(=O)NC2=S)cc1. The number of carbonyl (C=O) groups excluding carboxylic acids is 2. The number of methoxy groups -OCH3 is 1. The summed E-state index contributed by atoms with van der Waals surface area (Å²) in [4.78, 5) is 26.7. The van der Waals surface area contributed by atoms with Gasteiger partial charge in [-0.3, -0.25) is 19.8 Å². The maximum atomic E-state index is 13.0. The number of hydrogen-bond acceptors (Lipinski definition) is 5. The Labute approximate surface area is 172 Å². The van der Waals surface area contributed by atoms with Crippen LogP contribution in [-0.4, -0.2) is 24.0 Å². The average molecular weight is 404 g/mol. The van der Waals surface area contributed by atoms with Gasteiger partial charge in [-0.25, -0.2) is 0 Å². The second-order valence-corrected chi connectivity index (χ2v) is 6.61. The molecule has 0 radical (unpaired) electrons. The van der Waals surface area contributed by atoms with Crippen LogP contribution < -0.4 is 15.0 Å². The van der Waals surface area contributed by atoms with Gasteiger partial charge in [0.25, 0.3) is 11.8 Å². The summed E-state index contributed by atoms with van der Waals surface area (Å²) < 4.78 is 10.9.